The number of nitrogens with one attached hydrogen (secondary N) is 2. The smallest absolute Gasteiger partial charge is 0.226 e. The van der Waals surface area contributed by atoms with E-state index in [4.69, 9.17) is 12.2 Å². The minimum Gasteiger partial charge on any atom is -0.330 e. The van der Waals surface area contributed by atoms with E-state index in [-0.39, 0.29) is 16.7 Å². The monoisotopic (exact) mass is 346 g/mol. The fourth-order valence-corrected chi connectivity index (χ4v) is 2.03. The molecule has 1 aromatic rings. The van der Waals surface area contributed by atoms with Gasteiger partial charge in [-0.3, -0.25) is 4.79 Å². The fourth-order valence-electron chi connectivity index (χ4n) is 1.47. The van der Waals surface area contributed by atoms with Crippen LogP contribution in [0.15, 0.2) is 22.7 Å². The number of halogens is 2. The summed E-state index contributed by atoms with van der Waals surface area (Å²) in [5, 5.41) is 5.31. The van der Waals surface area contributed by atoms with Crippen molar-refractivity contribution in [2.45, 2.75) is 32.6 Å². The average Bonchev–Trinajstić information content (AvgIpc) is 2.33. The standard InChI is InChI=1S/C13H16BrFN2OS/c1-2-3-4-5-12(18)17-13(19)16-11-7-6-9(14)8-10(11)15/h6-8H,2-5H2,1H3,(H2,16,17,18,19). The summed E-state index contributed by atoms with van der Waals surface area (Å²) >= 11 is 8.13. The molecule has 1 aromatic carbocycles. The number of anilines is 1. The van der Waals surface area contributed by atoms with Crippen LogP contribution in [0.3, 0.4) is 0 Å². The molecule has 1 amide bonds. The molecule has 1 rings (SSSR count). The summed E-state index contributed by atoms with van der Waals surface area (Å²) in [6.45, 7) is 2.07. The van der Waals surface area contributed by atoms with E-state index in [0.717, 1.165) is 19.3 Å². The van der Waals surface area contributed by atoms with Crippen molar-refractivity contribution >= 4 is 44.9 Å². The van der Waals surface area contributed by atoms with Crippen LogP contribution in [0.4, 0.5) is 10.1 Å². The van der Waals surface area contributed by atoms with Gasteiger partial charge in [-0.25, -0.2) is 4.39 Å². The van der Waals surface area contributed by atoms with Gasteiger partial charge in [0.2, 0.25) is 5.91 Å². The molecular weight excluding hydrogens is 331 g/mol. The molecule has 0 saturated carbocycles. The van der Waals surface area contributed by atoms with Gasteiger partial charge in [0.15, 0.2) is 5.11 Å². The maximum atomic E-state index is 13.5. The highest BCUT2D eigenvalue weighted by Crippen LogP contribution is 2.19. The molecule has 2 N–H and O–H groups in total. The largest absolute Gasteiger partial charge is 0.330 e. The van der Waals surface area contributed by atoms with Crippen LogP contribution in [0.2, 0.25) is 0 Å². The van der Waals surface area contributed by atoms with Crippen LogP contribution in [0.1, 0.15) is 32.6 Å². The summed E-state index contributed by atoms with van der Waals surface area (Å²) in [7, 11) is 0. The third-order valence-electron chi connectivity index (χ3n) is 2.44. The minimum absolute atomic E-state index is 0.114. The SMILES string of the molecule is CCCCCC(=O)NC(=S)Nc1ccc(Br)cc1F. The normalized spacial score (nSPS) is 10.1. The lowest BCUT2D eigenvalue weighted by atomic mass is 10.2. The molecule has 6 heteroatoms. The van der Waals surface area contributed by atoms with Gasteiger partial charge in [-0.05, 0) is 36.8 Å². The van der Waals surface area contributed by atoms with E-state index in [9.17, 15) is 9.18 Å². The van der Waals surface area contributed by atoms with Crippen molar-refractivity contribution in [3.05, 3.63) is 28.5 Å². The molecular formula is C13H16BrFN2OS. The van der Waals surface area contributed by atoms with Gasteiger partial charge in [0.1, 0.15) is 5.82 Å². The van der Waals surface area contributed by atoms with Gasteiger partial charge >= 0.3 is 0 Å². The van der Waals surface area contributed by atoms with Crippen molar-refractivity contribution < 1.29 is 9.18 Å². The van der Waals surface area contributed by atoms with Crippen molar-refractivity contribution in [3.8, 4) is 0 Å². The number of hydrogen-bond acceptors (Lipinski definition) is 2. The first-order valence-corrected chi connectivity index (χ1v) is 7.29. The molecule has 0 saturated heterocycles. The van der Waals surface area contributed by atoms with Crippen LogP contribution >= 0.6 is 28.1 Å². The van der Waals surface area contributed by atoms with E-state index in [1.165, 1.54) is 6.07 Å². The van der Waals surface area contributed by atoms with Gasteiger partial charge in [-0.1, -0.05) is 35.7 Å². The lowest BCUT2D eigenvalue weighted by molar-refractivity contribution is -0.119. The summed E-state index contributed by atoms with van der Waals surface area (Å²) in [5.41, 5.74) is 0.238. The molecule has 0 fully saturated rings. The van der Waals surface area contributed by atoms with Crippen LogP contribution in [-0.4, -0.2) is 11.0 Å². The lowest BCUT2D eigenvalue weighted by Gasteiger charge is -2.10. The molecule has 0 aliphatic heterocycles. The van der Waals surface area contributed by atoms with Gasteiger partial charge in [-0.2, -0.15) is 0 Å². The highest BCUT2D eigenvalue weighted by Gasteiger charge is 2.07. The quantitative estimate of drug-likeness (QED) is 0.625. The van der Waals surface area contributed by atoms with E-state index < -0.39 is 5.82 Å². The zero-order valence-corrected chi connectivity index (χ0v) is 13.0. The molecule has 0 bridgehead atoms. The number of amides is 1. The molecule has 0 unspecified atom stereocenters. The van der Waals surface area contributed by atoms with Crippen LogP contribution in [0.5, 0.6) is 0 Å². The Hall–Kier alpha value is -1.01. The molecule has 0 spiro atoms. The van der Waals surface area contributed by atoms with E-state index in [0.29, 0.717) is 10.9 Å². The molecule has 0 aliphatic rings. The van der Waals surface area contributed by atoms with Gasteiger partial charge < -0.3 is 10.6 Å². The maximum absolute atomic E-state index is 13.5. The molecule has 0 aliphatic carbocycles. The third kappa shape index (κ3) is 6.11. The summed E-state index contributed by atoms with van der Waals surface area (Å²) in [5.74, 6) is -0.583. The summed E-state index contributed by atoms with van der Waals surface area (Å²) in [6.07, 6.45) is 3.32. The Morgan fingerprint density at radius 3 is 2.79 bits per heavy atom. The second-order valence-electron chi connectivity index (χ2n) is 4.08. The van der Waals surface area contributed by atoms with E-state index in [1.807, 2.05) is 0 Å². The van der Waals surface area contributed by atoms with E-state index >= 15 is 0 Å². The van der Waals surface area contributed by atoms with E-state index in [1.54, 1.807) is 12.1 Å². The number of rotatable bonds is 5. The molecule has 19 heavy (non-hydrogen) atoms. The highest BCUT2D eigenvalue weighted by molar-refractivity contribution is 9.10. The van der Waals surface area contributed by atoms with E-state index in [2.05, 4.69) is 33.5 Å². The van der Waals surface area contributed by atoms with Crippen molar-refractivity contribution in [3.63, 3.8) is 0 Å². The van der Waals surface area contributed by atoms with Crippen molar-refractivity contribution in [2.24, 2.45) is 0 Å². The Bertz CT molecular complexity index is 468. The van der Waals surface area contributed by atoms with Crippen LogP contribution in [0.25, 0.3) is 0 Å². The van der Waals surface area contributed by atoms with Crippen LogP contribution in [-0.2, 0) is 4.79 Å². The third-order valence-corrected chi connectivity index (χ3v) is 3.14. The van der Waals surface area contributed by atoms with Crippen molar-refractivity contribution in [1.82, 2.24) is 5.32 Å². The molecule has 0 heterocycles. The molecule has 3 nitrogen and oxygen atoms in total. The Balaban J connectivity index is 2.44. The van der Waals surface area contributed by atoms with Crippen LogP contribution < -0.4 is 10.6 Å². The summed E-state index contributed by atoms with van der Waals surface area (Å²) < 4.78 is 14.2. The van der Waals surface area contributed by atoms with Crippen molar-refractivity contribution in [2.75, 3.05) is 5.32 Å². The van der Waals surface area contributed by atoms with Crippen LogP contribution in [0, 0.1) is 5.82 Å². The predicted octanol–water partition coefficient (Wildman–Crippen LogP) is 3.98. The Morgan fingerprint density at radius 2 is 2.16 bits per heavy atom. The first-order valence-electron chi connectivity index (χ1n) is 6.08. The number of carbonyl (C=O) groups excluding carboxylic acids is 1. The number of carbonyl (C=O) groups is 1. The molecule has 0 aromatic heterocycles. The van der Waals surface area contributed by atoms with Gasteiger partial charge in [0.25, 0.3) is 0 Å². The number of unbranched alkanes of at least 4 members (excludes halogenated alkanes) is 2. The Labute approximate surface area is 126 Å². The molecule has 0 atom stereocenters. The Kier molecular flexibility index (Phi) is 6.94. The second-order valence-corrected chi connectivity index (χ2v) is 5.41. The van der Waals surface area contributed by atoms with Crippen molar-refractivity contribution in [1.29, 1.82) is 0 Å². The zero-order valence-electron chi connectivity index (χ0n) is 10.6. The average molecular weight is 347 g/mol. The number of thiocarbonyl (C=S) groups is 1. The maximum Gasteiger partial charge on any atom is 0.226 e. The highest BCUT2D eigenvalue weighted by atomic mass is 79.9. The Morgan fingerprint density at radius 1 is 1.42 bits per heavy atom. The predicted molar refractivity (Wildman–Crippen MR) is 82.6 cm³/mol. The first kappa shape index (κ1) is 16.0. The van der Waals surface area contributed by atoms with Gasteiger partial charge in [0.05, 0.1) is 5.69 Å². The summed E-state index contributed by atoms with van der Waals surface area (Å²) in [6, 6.07) is 4.57. The first-order chi connectivity index (χ1) is 9.02. The molecule has 0 radical (unpaired) electrons. The number of hydrogen-bond donors (Lipinski definition) is 2. The number of benzene rings is 1. The van der Waals surface area contributed by atoms with Gasteiger partial charge in [-0.15, -0.1) is 0 Å². The lowest BCUT2D eigenvalue weighted by Crippen LogP contribution is -2.34. The zero-order chi connectivity index (χ0) is 14.3. The minimum atomic E-state index is -0.433. The van der Waals surface area contributed by atoms with Gasteiger partial charge in [0, 0.05) is 10.9 Å². The topological polar surface area (TPSA) is 41.1 Å². The summed E-state index contributed by atoms with van der Waals surface area (Å²) in [4.78, 5) is 11.5. The second kappa shape index (κ2) is 8.22. The fraction of sp³-hybridized carbons (Fsp3) is 0.385. The molecule has 104 valence electrons.